The second kappa shape index (κ2) is 4.94. The van der Waals surface area contributed by atoms with Crippen LogP contribution in [0.15, 0.2) is 42.5 Å². The molecular formula is C16H14N2O3. The Hall–Kier alpha value is -2.82. The molecule has 0 atom stereocenters. The molecule has 1 heterocycles. The van der Waals surface area contributed by atoms with E-state index in [0.29, 0.717) is 5.82 Å². The number of ketones is 1. The number of aromatic hydroxyl groups is 2. The smallest absolute Gasteiger partial charge is 0.174 e. The fourth-order valence-corrected chi connectivity index (χ4v) is 2.35. The zero-order chi connectivity index (χ0) is 15.0. The van der Waals surface area contributed by atoms with Gasteiger partial charge in [-0.1, -0.05) is 12.1 Å². The van der Waals surface area contributed by atoms with Gasteiger partial charge in [0.25, 0.3) is 0 Å². The molecule has 0 radical (unpaired) electrons. The minimum atomic E-state index is -0.245. The van der Waals surface area contributed by atoms with Crippen molar-refractivity contribution in [3.63, 3.8) is 0 Å². The fraction of sp³-hybridized carbons (Fsp3) is 0.125. The second-order valence-electron chi connectivity index (χ2n) is 4.88. The molecule has 2 aromatic carbocycles. The van der Waals surface area contributed by atoms with E-state index in [4.69, 9.17) is 0 Å². The normalized spacial score (nSPS) is 10.9. The summed E-state index contributed by atoms with van der Waals surface area (Å²) >= 11 is 0. The van der Waals surface area contributed by atoms with Crippen molar-refractivity contribution >= 4 is 16.8 Å². The Bertz CT molecular complexity index is 837. The zero-order valence-electron chi connectivity index (χ0n) is 11.4. The van der Waals surface area contributed by atoms with Crippen molar-refractivity contribution in [2.75, 3.05) is 0 Å². The summed E-state index contributed by atoms with van der Waals surface area (Å²) in [5, 5.41) is 19.0. The molecule has 0 saturated carbocycles. The monoisotopic (exact) mass is 282 g/mol. The predicted molar refractivity (Wildman–Crippen MR) is 78.5 cm³/mol. The average Bonchev–Trinajstić information content (AvgIpc) is 2.76. The van der Waals surface area contributed by atoms with Gasteiger partial charge >= 0.3 is 0 Å². The van der Waals surface area contributed by atoms with Gasteiger partial charge < -0.3 is 14.8 Å². The molecule has 106 valence electrons. The Labute approximate surface area is 121 Å². The van der Waals surface area contributed by atoms with Crippen molar-refractivity contribution in [2.45, 2.75) is 6.42 Å². The lowest BCUT2D eigenvalue weighted by Gasteiger charge is -2.05. The number of nitrogens with zero attached hydrogens (tertiary/aromatic N) is 2. The number of aryl methyl sites for hydroxylation is 1. The standard InChI is InChI=1S/C16H14N2O3/c1-18-13-5-3-2-4-12(13)17-16(18)9-15(21)11-7-6-10(19)8-14(11)20/h2-8,19-20H,9H2,1H3. The first-order chi connectivity index (χ1) is 10.1. The van der Waals surface area contributed by atoms with Crippen LogP contribution in [0.5, 0.6) is 11.5 Å². The second-order valence-corrected chi connectivity index (χ2v) is 4.88. The number of imidazole rings is 1. The third kappa shape index (κ3) is 2.33. The van der Waals surface area contributed by atoms with Crippen LogP contribution in [0.25, 0.3) is 11.0 Å². The Morgan fingerprint density at radius 3 is 2.67 bits per heavy atom. The first-order valence-electron chi connectivity index (χ1n) is 6.52. The molecule has 0 saturated heterocycles. The Morgan fingerprint density at radius 2 is 1.95 bits per heavy atom. The van der Waals surface area contributed by atoms with Crippen LogP contribution >= 0.6 is 0 Å². The molecule has 3 aromatic rings. The highest BCUT2D eigenvalue weighted by Crippen LogP contribution is 2.24. The lowest BCUT2D eigenvalue weighted by Crippen LogP contribution is -2.08. The van der Waals surface area contributed by atoms with E-state index in [-0.39, 0.29) is 29.3 Å². The van der Waals surface area contributed by atoms with Crippen molar-refractivity contribution in [3.05, 3.63) is 53.9 Å². The predicted octanol–water partition coefficient (Wildman–Crippen LogP) is 2.41. The summed E-state index contributed by atoms with van der Waals surface area (Å²) in [6.07, 6.45) is 0.0868. The van der Waals surface area contributed by atoms with Crippen LogP contribution in [-0.4, -0.2) is 25.5 Å². The maximum Gasteiger partial charge on any atom is 0.174 e. The number of fused-ring (bicyclic) bond motifs is 1. The van der Waals surface area contributed by atoms with Crippen LogP contribution in [0.3, 0.4) is 0 Å². The summed E-state index contributed by atoms with van der Waals surface area (Å²) in [7, 11) is 1.86. The number of carbonyl (C=O) groups is 1. The van der Waals surface area contributed by atoms with Gasteiger partial charge in [0.2, 0.25) is 0 Å². The molecule has 0 aliphatic rings. The number of carbonyl (C=O) groups excluding carboxylic acids is 1. The molecule has 1 aromatic heterocycles. The van der Waals surface area contributed by atoms with Crippen LogP contribution in [0.4, 0.5) is 0 Å². The lowest BCUT2D eigenvalue weighted by atomic mass is 10.1. The third-order valence-electron chi connectivity index (χ3n) is 3.48. The quantitative estimate of drug-likeness (QED) is 0.723. The topological polar surface area (TPSA) is 75.4 Å². The molecule has 0 aliphatic heterocycles. The van der Waals surface area contributed by atoms with E-state index in [1.807, 2.05) is 35.9 Å². The van der Waals surface area contributed by atoms with Gasteiger partial charge in [0.05, 0.1) is 23.0 Å². The molecule has 0 bridgehead atoms. The number of hydrogen-bond acceptors (Lipinski definition) is 4. The summed E-state index contributed by atoms with van der Waals surface area (Å²) < 4.78 is 1.87. The zero-order valence-corrected chi connectivity index (χ0v) is 11.4. The Balaban J connectivity index is 1.94. The average molecular weight is 282 g/mol. The van der Waals surface area contributed by atoms with Crippen LogP contribution in [0.2, 0.25) is 0 Å². The van der Waals surface area contributed by atoms with E-state index in [0.717, 1.165) is 17.1 Å². The minimum absolute atomic E-state index is 0.0771. The summed E-state index contributed by atoms with van der Waals surface area (Å²) in [6, 6.07) is 11.6. The SMILES string of the molecule is Cn1c(CC(=O)c2ccc(O)cc2O)nc2ccccc21. The largest absolute Gasteiger partial charge is 0.508 e. The number of phenolic OH excluding ortho intramolecular Hbond substituents is 2. The van der Waals surface area contributed by atoms with Crippen molar-refractivity contribution in [2.24, 2.45) is 7.05 Å². The number of hydrogen-bond donors (Lipinski definition) is 2. The van der Waals surface area contributed by atoms with Gasteiger partial charge in [-0.05, 0) is 24.3 Å². The first-order valence-corrected chi connectivity index (χ1v) is 6.52. The van der Waals surface area contributed by atoms with Gasteiger partial charge in [0, 0.05) is 13.1 Å². The first kappa shape index (κ1) is 13.2. The molecule has 3 rings (SSSR count). The highest BCUT2D eigenvalue weighted by atomic mass is 16.3. The van der Waals surface area contributed by atoms with Gasteiger partial charge in [-0.15, -0.1) is 0 Å². The van der Waals surface area contributed by atoms with E-state index < -0.39 is 0 Å². The van der Waals surface area contributed by atoms with Crippen LogP contribution in [0.1, 0.15) is 16.2 Å². The van der Waals surface area contributed by atoms with Crippen LogP contribution in [0, 0.1) is 0 Å². The summed E-state index contributed by atoms with van der Waals surface area (Å²) in [4.78, 5) is 16.7. The van der Waals surface area contributed by atoms with Gasteiger partial charge in [-0.25, -0.2) is 4.98 Å². The highest BCUT2D eigenvalue weighted by Gasteiger charge is 2.16. The van der Waals surface area contributed by atoms with Gasteiger partial charge in [0.15, 0.2) is 5.78 Å². The number of para-hydroxylation sites is 2. The molecule has 0 spiro atoms. The summed E-state index contributed by atoms with van der Waals surface area (Å²) in [6.45, 7) is 0. The molecule has 5 nitrogen and oxygen atoms in total. The number of aromatic nitrogens is 2. The number of phenols is 2. The van der Waals surface area contributed by atoms with E-state index in [1.54, 1.807) is 0 Å². The minimum Gasteiger partial charge on any atom is -0.508 e. The summed E-state index contributed by atoms with van der Waals surface area (Å²) in [5.41, 5.74) is 1.97. The number of benzene rings is 2. The molecule has 2 N–H and O–H groups in total. The van der Waals surface area contributed by atoms with Crippen LogP contribution < -0.4 is 0 Å². The molecule has 5 heteroatoms. The van der Waals surface area contributed by atoms with E-state index in [2.05, 4.69) is 4.98 Å². The molecule has 0 aliphatic carbocycles. The van der Waals surface area contributed by atoms with Crippen molar-refractivity contribution in [3.8, 4) is 11.5 Å². The van der Waals surface area contributed by atoms with E-state index in [1.165, 1.54) is 12.1 Å². The highest BCUT2D eigenvalue weighted by molar-refractivity contribution is 6.00. The van der Waals surface area contributed by atoms with E-state index in [9.17, 15) is 15.0 Å². The maximum absolute atomic E-state index is 12.3. The number of rotatable bonds is 3. The maximum atomic E-state index is 12.3. The van der Waals surface area contributed by atoms with Gasteiger partial charge in [-0.3, -0.25) is 4.79 Å². The molecule has 0 fully saturated rings. The summed E-state index contributed by atoms with van der Waals surface area (Å²) in [5.74, 6) is 0.0881. The molecule has 21 heavy (non-hydrogen) atoms. The molecule has 0 amide bonds. The van der Waals surface area contributed by atoms with Crippen molar-refractivity contribution in [1.29, 1.82) is 0 Å². The van der Waals surface area contributed by atoms with Crippen molar-refractivity contribution in [1.82, 2.24) is 9.55 Å². The van der Waals surface area contributed by atoms with Gasteiger partial charge in [-0.2, -0.15) is 0 Å². The molecular weight excluding hydrogens is 268 g/mol. The number of Topliss-reactive ketones (excluding diaryl/α,β-unsaturated/α-hetero) is 1. The third-order valence-corrected chi connectivity index (χ3v) is 3.48. The fourth-order valence-electron chi connectivity index (χ4n) is 2.35. The van der Waals surface area contributed by atoms with Gasteiger partial charge in [0.1, 0.15) is 17.3 Å². The Morgan fingerprint density at radius 1 is 1.19 bits per heavy atom. The Kier molecular flexibility index (Phi) is 3.10. The van der Waals surface area contributed by atoms with Crippen molar-refractivity contribution < 1.29 is 15.0 Å². The van der Waals surface area contributed by atoms with Crippen LogP contribution in [-0.2, 0) is 13.5 Å². The molecule has 0 unspecified atom stereocenters. The van der Waals surface area contributed by atoms with E-state index >= 15 is 0 Å². The lowest BCUT2D eigenvalue weighted by molar-refractivity contribution is 0.0987.